The van der Waals surface area contributed by atoms with Gasteiger partial charge in [0, 0.05) is 24.4 Å². The van der Waals surface area contributed by atoms with E-state index in [1.54, 1.807) is 11.7 Å². The Balaban J connectivity index is 1.60. The topological polar surface area (TPSA) is 82.9 Å². The summed E-state index contributed by atoms with van der Waals surface area (Å²) in [4.78, 5) is 35.8. The monoisotopic (exact) mass is 529 g/mol. The van der Waals surface area contributed by atoms with E-state index in [-0.39, 0.29) is 17.6 Å². The fourth-order valence-electron chi connectivity index (χ4n) is 4.62. The minimum absolute atomic E-state index is 0.0255. The van der Waals surface area contributed by atoms with Crippen LogP contribution in [0.25, 0.3) is 15.9 Å². The number of morpholine rings is 1. The average Bonchev–Trinajstić information content (AvgIpc) is 3.26. The minimum atomic E-state index is -0.403. The molecule has 0 unspecified atom stereocenters. The van der Waals surface area contributed by atoms with E-state index < -0.39 is 5.25 Å². The molecule has 2 atom stereocenters. The van der Waals surface area contributed by atoms with Crippen LogP contribution >= 0.6 is 23.1 Å². The van der Waals surface area contributed by atoms with E-state index in [0.29, 0.717) is 72.1 Å². The van der Waals surface area contributed by atoms with Crippen LogP contribution in [0.15, 0.2) is 34.2 Å². The maximum Gasteiger partial charge on any atom is 0.267 e. The van der Waals surface area contributed by atoms with Gasteiger partial charge in [0.15, 0.2) is 5.16 Å². The molecule has 3 aromatic rings. The zero-order valence-electron chi connectivity index (χ0n) is 21.0. The van der Waals surface area contributed by atoms with Crippen LogP contribution in [0.2, 0.25) is 0 Å². The number of carbonyl (C=O) groups excluding carboxylic acids is 1. The van der Waals surface area contributed by atoms with E-state index in [1.165, 1.54) is 23.1 Å². The van der Waals surface area contributed by atoms with Crippen LogP contribution in [0.3, 0.4) is 0 Å². The molecule has 2 aromatic heterocycles. The molecule has 0 spiro atoms. The molecule has 8 nitrogen and oxygen atoms in total. The molecular formula is C26H31N3O5S2. The summed E-state index contributed by atoms with van der Waals surface area (Å²) < 4.78 is 18.4. The molecule has 0 N–H and O–H groups in total. The van der Waals surface area contributed by atoms with Crippen molar-refractivity contribution >= 4 is 39.2 Å². The van der Waals surface area contributed by atoms with Crippen LogP contribution in [-0.4, -0.2) is 65.1 Å². The van der Waals surface area contributed by atoms with Crippen molar-refractivity contribution in [2.75, 3.05) is 33.4 Å². The second-order valence-corrected chi connectivity index (χ2v) is 11.8. The van der Waals surface area contributed by atoms with Crippen molar-refractivity contribution < 1.29 is 19.0 Å². The fraction of sp³-hybridized carbons (Fsp3) is 0.500. The summed E-state index contributed by atoms with van der Waals surface area (Å²) in [5.74, 6) is 1.08. The summed E-state index contributed by atoms with van der Waals surface area (Å²) in [5, 5.41) is 0.767. The Morgan fingerprint density at radius 1 is 1.19 bits per heavy atom. The van der Waals surface area contributed by atoms with Crippen molar-refractivity contribution in [1.29, 1.82) is 0 Å². The molecule has 1 aromatic carbocycles. The van der Waals surface area contributed by atoms with E-state index in [9.17, 15) is 9.59 Å². The fourth-order valence-corrected chi connectivity index (χ4v) is 6.80. The highest BCUT2D eigenvalue weighted by molar-refractivity contribution is 8.00. The molecule has 2 aliphatic rings. The second kappa shape index (κ2) is 10.5. The van der Waals surface area contributed by atoms with E-state index in [2.05, 4.69) is 13.8 Å². The third-order valence-electron chi connectivity index (χ3n) is 6.74. The number of carbonyl (C=O) groups is 1. The van der Waals surface area contributed by atoms with Crippen LogP contribution in [-0.2, 0) is 27.3 Å². The number of hydrogen-bond donors (Lipinski definition) is 0. The number of rotatable bonds is 6. The first-order chi connectivity index (χ1) is 17.4. The number of benzene rings is 1. The van der Waals surface area contributed by atoms with Gasteiger partial charge in [-0.1, -0.05) is 25.6 Å². The molecular weight excluding hydrogens is 498 g/mol. The van der Waals surface area contributed by atoms with Gasteiger partial charge < -0.3 is 19.1 Å². The van der Waals surface area contributed by atoms with Crippen molar-refractivity contribution in [3.8, 4) is 11.4 Å². The number of fused-ring (bicyclic) bond motifs is 3. The minimum Gasteiger partial charge on any atom is -0.497 e. The van der Waals surface area contributed by atoms with Crippen molar-refractivity contribution in [2.24, 2.45) is 5.92 Å². The highest BCUT2D eigenvalue weighted by atomic mass is 32.2. The van der Waals surface area contributed by atoms with Crippen molar-refractivity contribution in [3.63, 3.8) is 0 Å². The first-order valence-electron chi connectivity index (χ1n) is 12.2. The predicted octanol–water partition coefficient (Wildman–Crippen LogP) is 3.89. The Morgan fingerprint density at radius 2 is 1.92 bits per heavy atom. The average molecular weight is 530 g/mol. The predicted molar refractivity (Wildman–Crippen MR) is 142 cm³/mol. The van der Waals surface area contributed by atoms with Gasteiger partial charge in [-0.05, 0) is 42.7 Å². The quantitative estimate of drug-likeness (QED) is 0.354. The summed E-state index contributed by atoms with van der Waals surface area (Å²) in [6.07, 6.45) is 0.773. The van der Waals surface area contributed by atoms with Gasteiger partial charge in [-0.2, -0.15) is 0 Å². The summed E-state index contributed by atoms with van der Waals surface area (Å²) in [6, 6.07) is 7.36. The smallest absolute Gasteiger partial charge is 0.267 e. The highest BCUT2D eigenvalue weighted by Crippen LogP contribution is 2.37. The SMILES string of the molecule is COc1ccc(-n2c(S[C@@H](C)C(=O)N3CCOCC3)nc3sc4c(c3c2=O)C[C@@H](C(C)C)OC4)cc1. The van der Waals surface area contributed by atoms with Crippen LogP contribution in [0.4, 0.5) is 0 Å². The van der Waals surface area contributed by atoms with Crippen molar-refractivity contribution in [2.45, 2.75) is 50.3 Å². The lowest BCUT2D eigenvalue weighted by atomic mass is 9.96. The first-order valence-corrected chi connectivity index (χ1v) is 13.9. The molecule has 0 saturated carbocycles. The van der Waals surface area contributed by atoms with E-state index in [0.717, 1.165) is 10.4 Å². The first kappa shape index (κ1) is 25.3. The summed E-state index contributed by atoms with van der Waals surface area (Å²) >= 11 is 2.84. The van der Waals surface area contributed by atoms with Gasteiger partial charge in [0.2, 0.25) is 5.91 Å². The summed E-state index contributed by atoms with van der Waals surface area (Å²) in [7, 11) is 1.61. The van der Waals surface area contributed by atoms with Gasteiger partial charge in [-0.3, -0.25) is 14.2 Å². The molecule has 192 valence electrons. The number of methoxy groups -OCH3 is 1. The second-order valence-electron chi connectivity index (χ2n) is 9.41. The van der Waals surface area contributed by atoms with Crippen molar-refractivity contribution in [1.82, 2.24) is 14.5 Å². The third kappa shape index (κ3) is 4.79. The number of thiophene rings is 1. The molecule has 0 bridgehead atoms. The molecule has 0 aliphatic carbocycles. The Hall–Kier alpha value is -2.40. The maximum absolute atomic E-state index is 14.1. The number of amides is 1. The van der Waals surface area contributed by atoms with E-state index in [4.69, 9.17) is 19.2 Å². The highest BCUT2D eigenvalue weighted by Gasteiger charge is 2.30. The molecule has 5 rings (SSSR count). The van der Waals surface area contributed by atoms with Crippen LogP contribution in [0.1, 0.15) is 31.2 Å². The van der Waals surface area contributed by atoms with E-state index >= 15 is 0 Å². The van der Waals surface area contributed by atoms with E-state index in [1.807, 2.05) is 36.1 Å². The maximum atomic E-state index is 14.1. The number of hydrogen-bond acceptors (Lipinski definition) is 8. The molecule has 1 amide bonds. The van der Waals surface area contributed by atoms with Crippen LogP contribution < -0.4 is 10.3 Å². The Labute approximate surface area is 218 Å². The Bertz CT molecular complexity index is 1310. The van der Waals surface area contributed by atoms with Gasteiger partial charge in [0.1, 0.15) is 10.6 Å². The third-order valence-corrected chi connectivity index (χ3v) is 8.88. The van der Waals surface area contributed by atoms with Crippen LogP contribution in [0.5, 0.6) is 5.75 Å². The lowest BCUT2D eigenvalue weighted by molar-refractivity contribution is -0.134. The van der Waals surface area contributed by atoms with Crippen molar-refractivity contribution in [3.05, 3.63) is 45.1 Å². The molecule has 10 heteroatoms. The van der Waals surface area contributed by atoms with Gasteiger partial charge in [0.05, 0.1) is 49.4 Å². The molecule has 2 aliphatic heterocycles. The standard InChI is InChI=1S/C26H31N3O5S2/c1-15(2)20-13-19-21(14-34-20)36-23-22(19)25(31)29(17-5-7-18(32-4)8-6-17)26(27-23)35-16(3)24(30)28-9-11-33-12-10-28/h5-8,15-16,20H,9-14H2,1-4H3/t16-,20-/m0/s1. The molecule has 1 saturated heterocycles. The van der Waals surface area contributed by atoms with Crippen LogP contribution in [0, 0.1) is 5.92 Å². The summed E-state index contributed by atoms with van der Waals surface area (Å²) in [5.41, 5.74) is 1.63. The van der Waals surface area contributed by atoms with Gasteiger partial charge >= 0.3 is 0 Å². The molecule has 4 heterocycles. The largest absolute Gasteiger partial charge is 0.497 e. The molecule has 36 heavy (non-hydrogen) atoms. The summed E-state index contributed by atoms with van der Waals surface area (Å²) in [6.45, 7) is 8.90. The van der Waals surface area contributed by atoms with Gasteiger partial charge in [0.25, 0.3) is 5.56 Å². The lowest BCUT2D eigenvalue weighted by Gasteiger charge is -2.29. The lowest BCUT2D eigenvalue weighted by Crippen LogP contribution is -2.44. The normalized spacial score (nSPS) is 18.9. The number of ether oxygens (including phenoxy) is 3. The zero-order chi connectivity index (χ0) is 25.4. The van der Waals surface area contributed by atoms with Gasteiger partial charge in [-0.25, -0.2) is 4.98 Å². The number of nitrogens with zero attached hydrogens (tertiary/aromatic N) is 3. The number of aromatic nitrogens is 2. The van der Waals surface area contributed by atoms with Gasteiger partial charge in [-0.15, -0.1) is 11.3 Å². The zero-order valence-corrected chi connectivity index (χ0v) is 22.6. The Kier molecular flexibility index (Phi) is 7.39. The Morgan fingerprint density at radius 3 is 2.58 bits per heavy atom. The number of thioether (sulfide) groups is 1. The molecule has 1 fully saturated rings. The molecule has 0 radical (unpaired) electrons.